The molecule has 2 fully saturated rings. The summed E-state index contributed by atoms with van der Waals surface area (Å²) in [6.45, 7) is 2.98. The molecule has 5 heterocycles. The highest BCUT2D eigenvalue weighted by molar-refractivity contribution is 5.81. The van der Waals surface area contributed by atoms with Crippen LogP contribution in [0, 0.1) is 15.9 Å². The number of nitrogens with zero attached hydrogens (tertiary/aromatic N) is 6. The average molecular weight is 589 g/mol. The van der Waals surface area contributed by atoms with Crippen molar-refractivity contribution in [2.75, 3.05) is 43.6 Å². The molecule has 1 atom stereocenters. The first-order valence-corrected chi connectivity index (χ1v) is 14.3. The lowest BCUT2D eigenvalue weighted by Crippen LogP contribution is -2.43. The normalized spacial score (nSPS) is 17.6. The van der Waals surface area contributed by atoms with Crippen molar-refractivity contribution in [2.24, 2.45) is 5.73 Å². The monoisotopic (exact) mass is 588 g/mol. The second-order valence-electron chi connectivity index (χ2n) is 10.8. The highest BCUT2D eigenvalue weighted by atomic mass is 19.1. The summed E-state index contributed by atoms with van der Waals surface area (Å²) < 4.78 is 27.8. The Kier molecular flexibility index (Phi) is 8.16. The number of ether oxygens (including phenoxy) is 2. The first-order chi connectivity index (χ1) is 20.9. The highest BCUT2D eigenvalue weighted by Gasteiger charge is 2.26. The van der Waals surface area contributed by atoms with E-state index in [0.717, 1.165) is 62.3 Å². The molecular weight excluding hydrogens is 555 g/mol. The van der Waals surface area contributed by atoms with Crippen molar-refractivity contribution in [1.29, 1.82) is 0 Å². The zero-order chi connectivity index (χ0) is 29.9. The molecule has 3 aromatic heterocycles. The highest BCUT2D eigenvalue weighted by Crippen LogP contribution is 2.39. The molecule has 2 saturated heterocycles. The summed E-state index contributed by atoms with van der Waals surface area (Å²) in [4.78, 5) is 22.6. The number of anilines is 3. The van der Waals surface area contributed by atoms with Crippen LogP contribution in [0.1, 0.15) is 31.7 Å². The van der Waals surface area contributed by atoms with Crippen LogP contribution in [0.4, 0.5) is 27.4 Å². The van der Waals surface area contributed by atoms with Crippen LogP contribution in [0.2, 0.25) is 0 Å². The SMILES string of the molecule is COc1cccc(F)c1-c1nc(Nc2cc(N3CCC[C@H](N)C3)c(-c3cnn(C4CCOCC4)c3)cn2)ccc1[N+](=O)[O-]. The first-order valence-electron chi connectivity index (χ1n) is 14.3. The summed E-state index contributed by atoms with van der Waals surface area (Å²) in [5, 5.41) is 19.7. The third-order valence-electron chi connectivity index (χ3n) is 7.92. The Morgan fingerprint density at radius 3 is 2.77 bits per heavy atom. The van der Waals surface area contributed by atoms with E-state index in [4.69, 9.17) is 15.2 Å². The predicted octanol–water partition coefficient (Wildman–Crippen LogP) is 5.09. The first kappa shape index (κ1) is 28.5. The number of aromatic nitrogens is 4. The van der Waals surface area contributed by atoms with Crippen LogP contribution in [0.5, 0.6) is 5.75 Å². The Morgan fingerprint density at radius 2 is 2.00 bits per heavy atom. The Morgan fingerprint density at radius 1 is 1.16 bits per heavy atom. The van der Waals surface area contributed by atoms with Gasteiger partial charge in [0.1, 0.15) is 23.2 Å². The number of pyridine rings is 2. The second-order valence-corrected chi connectivity index (χ2v) is 10.8. The van der Waals surface area contributed by atoms with Crippen LogP contribution in [0.25, 0.3) is 22.4 Å². The van der Waals surface area contributed by atoms with Gasteiger partial charge >= 0.3 is 0 Å². The van der Waals surface area contributed by atoms with E-state index in [1.807, 2.05) is 16.9 Å². The number of hydrogen-bond acceptors (Lipinski definition) is 10. The van der Waals surface area contributed by atoms with Gasteiger partial charge in [-0.1, -0.05) is 6.07 Å². The maximum Gasteiger partial charge on any atom is 0.295 e. The predicted molar refractivity (Wildman–Crippen MR) is 160 cm³/mol. The number of halogens is 1. The van der Waals surface area contributed by atoms with Gasteiger partial charge in [0.05, 0.1) is 29.8 Å². The summed E-state index contributed by atoms with van der Waals surface area (Å²) in [6.07, 6.45) is 9.45. The lowest BCUT2D eigenvalue weighted by Gasteiger charge is -2.34. The van der Waals surface area contributed by atoms with Crippen molar-refractivity contribution >= 4 is 23.0 Å². The smallest absolute Gasteiger partial charge is 0.295 e. The summed E-state index contributed by atoms with van der Waals surface area (Å²) in [6, 6.07) is 9.24. The molecule has 0 spiro atoms. The standard InChI is InChI=1S/C30H33FN8O4/c1-42-26-6-2-5-23(31)29(26)30-24(39(40)41)7-8-27(36-30)35-28-14-25(37-11-3-4-20(32)18-37)22(16-33-28)19-15-34-38(17-19)21-9-12-43-13-10-21/h2,5-8,14-17,20-21H,3-4,9-13,18,32H2,1H3,(H,33,35,36)/t20-/m0/s1. The van der Waals surface area contributed by atoms with Gasteiger partial charge in [-0.05, 0) is 43.9 Å². The van der Waals surface area contributed by atoms with Gasteiger partial charge in [0.2, 0.25) is 0 Å². The van der Waals surface area contributed by atoms with E-state index in [1.54, 1.807) is 6.20 Å². The van der Waals surface area contributed by atoms with Crippen molar-refractivity contribution < 1.29 is 18.8 Å². The van der Waals surface area contributed by atoms with Crippen LogP contribution in [0.15, 0.2) is 55.0 Å². The summed E-state index contributed by atoms with van der Waals surface area (Å²) in [5.74, 6) is 0.196. The molecule has 43 heavy (non-hydrogen) atoms. The number of benzene rings is 1. The minimum Gasteiger partial charge on any atom is -0.496 e. The van der Waals surface area contributed by atoms with E-state index in [1.165, 1.54) is 37.4 Å². The second kappa shape index (κ2) is 12.3. The molecule has 0 bridgehead atoms. The van der Waals surface area contributed by atoms with Gasteiger partial charge in [-0.15, -0.1) is 0 Å². The molecule has 2 aliphatic rings. The number of nitro groups is 1. The number of nitrogens with one attached hydrogen (secondary N) is 1. The Bertz CT molecular complexity index is 1620. The van der Waals surface area contributed by atoms with E-state index in [2.05, 4.69) is 31.5 Å². The van der Waals surface area contributed by atoms with Crippen molar-refractivity contribution in [1.82, 2.24) is 19.7 Å². The fraction of sp³-hybridized carbons (Fsp3) is 0.367. The van der Waals surface area contributed by atoms with Crippen molar-refractivity contribution in [3.63, 3.8) is 0 Å². The van der Waals surface area contributed by atoms with Gasteiger partial charge in [0.25, 0.3) is 5.69 Å². The largest absolute Gasteiger partial charge is 0.496 e. The van der Waals surface area contributed by atoms with Gasteiger partial charge in [-0.25, -0.2) is 14.4 Å². The summed E-state index contributed by atoms with van der Waals surface area (Å²) >= 11 is 0. The van der Waals surface area contributed by atoms with E-state index in [9.17, 15) is 14.5 Å². The molecule has 0 aliphatic carbocycles. The molecule has 4 aromatic rings. The fourth-order valence-electron chi connectivity index (χ4n) is 5.74. The molecule has 224 valence electrons. The molecule has 1 aromatic carbocycles. The topological polar surface area (TPSA) is 146 Å². The minimum atomic E-state index is -0.681. The number of rotatable bonds is 8. The number of methoxy groups -OCH3 is 1. The summed E-state index contributed by atoms with van der Waals surface area (Å²) in [7, 11) is 1.37. The zero-order valence-electron chi connectivity index (χ0n) is 23.8. The van der Waals surface area contributed by atoms with Gasteiger partial charge in [-0.2, -0.15) is 5.10 Å². The molecule has 0 radical (unpaired) electrons. The lowest BCUT2D eigenvalue weighted by molar-refractivity contribution is -0.384. The number of nitrogens with two attached hydrogens (primary N) is 1. The molecule has 0 saturated carbocycles. The van der Waals surface area contributed by atoms with Crippen molar-refractivity contribution in [3.8, 4) is 28.1 Å². The molecule has 0 unspecified atom stereocenters. The molecule has 2 aliphatic heterocycles. The van der Waals surface area contributed by atoms with Crippen LogP contribution < -0.4 is 20.7 Å². The van der Waals surface area contributed by atoms with E-state index < -0.39 is 10.7 Å². The molecule has 3 N–H and O–H groups in total. The van der Waals surface area contributed by atoms with Crippen molar-refractivity contribution in [2.45, 2.75) is 37.8 Å². The average Bonchev–Trinajstić information content (AvgIpc) is 3.51. The molecule has 6 rings (SSSR count). The third-order valence-corrected chi connectivity index (χ3v) is 7.92. The van der Waals surface area contributed by atoms with Gasteiger partial charge < -0.3 is 25.4 Å². The summed E-state index contributed by atoms with van der Waals surface area (Å²) in [5.41, 5.74) is 8.58. The molecule has 13 heteroatoms. The number of piperidine rings is 1. The van der Waals surface area contributed by atoms with Gasteiger partial charge in [0.15, 0.2) is 5.69 Å². The van der Waals surface area contributed by atoms with Crippen LogP contribution in [0.3, 0.4) is 0 Å². The lowest BCUT2D eigenvalue weighted by atomic mass is 10.0. The minimum absolute atomic E-state index is 0.0470. The molecule has 12 nitrogen and oxygen atoms in total. The van der Waals surface area contributed by atoms with Gasteiger partial charge in [0, 0.05) is 73.7 Å². The maximum atomic E-state index is 14.9. The maximum absolute atomic E-state index is 14.9. The fourth-order valence-corrected chi connectivity index (χ4v) is 5.74. The van der Waals surface area contributed by atoms with Crippen molar-refractivity contribution in [3.05, 3.63) is 70.9 Å². The van der Waals surface area contributed by atoms with E-state index in [-0.39, 0.29) is 34.6 Å². The Labute approximate surface area is 247 Å². The Balaban J connectivity index is 1.37. The van der Waals surface area contributed by atoms with Crippen LogP contribution in [-0.4, -0.2) is 64.1 Å². The van der Waals surface area contributed by atoms with Gasteiger partial charge in [-0.3, -0.25) is 14.8 Å². The van der Waals surface area contributed by atoms with Crippen LogP contribution in [-0.2, 0) is 4.74 Å². The molecular formula is C30H33FN8O4. The Hall–Kier alpha value is -4.62. The van der Waals surface area contributed by atoms with E-state index >= 15 is 0 Å². The zero-order valence-corrected chi connectivity index (χ0v) is 23.8. The molecule has 0 amide bonds. The quantitative estimate of drug-likeness (QED) is 0.211. The third kappa shape index (κ3) is 5.99. The van der Waals surface area contributed by atoms with Crippen LogP contribution >= 0.6 is 0 Å². The van der Waals surface area contributed by atoms with E-state index in [0.29, 0.717) is 18.4 Å². The number of hydrogen-bond donors (Lipinski definition) is 2.